The largest absolute Gasteiger partial charge is 0.388 e. The fourth-order valence-electron chi connectivity index (χ4n) is 1.21. The molecule has 12 heavy (non-hydrogen) atoms. The molecule has 0 aromatic heterocycles. The third-order valence-electron chi connectivity index (χ3n) is 2.04. The molecule has 0 bridgehead atoms. The molecule has 5 nitrogen and oxygen atoms in total. The molecule has 0 aromatic carbocycles. The molecule has 0 saturated carbocycles. The van der Waals surface area contributed by atoms with E-state index in [1.54, 1.807) is 6.92 Å². The fourth-order valence-corrected chi connectivity index (χ4v) is 1.21. The molecule has 1 saturated heterocycles. The van der Waals surface area contributed by atoms with Crippen LogP contribution in [0.3, 0.4) is 0 Å². The summed E-state index contributed by atoms with van der Waals surface area (Å²) in [5, 5.41) is 27.8. The van der Waals surface area contributed by atoms with Crippen molar-refractivity contribution in [2.75, 3.05) is 7.11 Å². The summed E-state index contributed by atoms with van der Waals surface area (Å²) in [5.74, 6) is 0. The van der Waals surface area contributed by atoms with Crippen LogP contribution in [0.4, 0.5) is 0 Å². The van der Waals surface area contributed by atoms with E-state index < -0.39 is 30.7 Å². The van der Waals surface area contributed by atoms with Crippen molar-refractivity contribution in [3.05, 3.63) is 0 Å². The molecule has 0 aromatic rings. The maximum absolute atomic E-state index is 9.27. The highest BCUT2D eigenvalue weighted by atomic mass is 16.7. The van der Waals surface area contributed by atoms with Crippen molar-refractivity contribution in [2.24, 2.45) is 0 Å². The summed E-state index contributed by atoms with van der Waals surface area (Å²) in [6, 6.07) is 0. The highest BCUT2D eigenvalue weighted by molar-refractivity contribution is 4.86. The van der Waals surface area contributed by atoms with E-state index >= 15 is 0 Å². The van der Waals surface area contributed by atoms with Crippen LogP contribution in [0.25, 0.3) is 0 Å². The summed E-state index contributed by atoms with van der Waals surface area (Å²) >= 11 is 0. The van der Waals surface area contributed by atoms with E-state index in [4.69, 9.17) is 9.47 Å². The van der Waals surface area contributed by atoms with Gasteiger partial charge in [0.15, 0.2) is 6.29 Å². The summed E-state index contributed by atoms with van der Waals surface area (Å²) < 4.78 is 9.80. The van der Waals surface area contributed by atoms with E-state index in [0.29, 0.717) is 0 Å². The molecule has 5 heteroatoms. The molecule has 0 amide bonds. The highest BCUT2D eigenvalue weighted by Crippen LogP contribution is 2.20. The topological polar surface area (TPSA) is 79.2 Å². The smallest absolute Gasteiger partial charge is 0.186 e. The Hall–Kier alpha value is -0.200. The van der Waals surface area contributed by atoms with Gasteiger partial charge in [0.2, 0.25) is 0 Å². The Balaban J connectivity index is 2.63. The maximum atomic E-state index is 9.27. The van der Waals surface area contributed by atoms with Crippen molar-refractivity contribution >= 4 is 0 Å². The zero-order valence-corrected chi connectivity index (χ0v) is 7.04. The van der Waals surface area contributed by atoms with Crippen LogP contribution in [-0.2, 0) is 9.47 Å². The molecule has 0 aliphatic carbocycles. The number of ether oxygens (including phenoxy) is 2. The highest BCUT2D eigenvalue weighted by Gasteiger charge is 2.41. The lowest BCUT2D eigenvalue weighted by Gasteiger charge is -2.38. The van der Waals surface area contributed by atoms with Gasteiger partial charge in [-0.05, 0) is 6.92 Å². The molecule has 1 heterocycles. The minimum Gasteiger partial charge on any atom is -0.388 e. The lowest BCUT2D eigenvalue weighted by atomic mass is 10.0. The molecule has 5 atom stereocenters. The quantitative estimate of drug-likeness (QED) is 0.453. The molecule has 1 aliphatic heterocycles. The summed E-state index contributed by atoms with van der Waals surface area (Å²) in [5.41, 5.74) is 0. The number of aliphatic hydroxyl groups is 3. The van der Waals surface area contributed by atoms with Gasteiger partial charge in [-0.15, -0.1) is 0 Å². The number of rotatable bonds is 1. The standard InChI is InChI=1S/C7H14O5/c1-3-4(8)5(9)6(10)7(11-2)12-3/h3-10H,1-2H3/t3-,4?,5?,6?,7?/m1/s1. The average molecular weight is 178 g/mol. The zero-order valence-electron chi connectivity index (χ0n) is 7.04. The van der Waals surface area contributed by atoms with Gasteiger partial charge in [-0.2, -0.15) is 0 Å². The molecule has 72 valence electrons. The lowest BCUT2D eigenvalue weighted by molar-refractivity contribution is -0.286. The monoisotopic (exact) mass is 178 g/mol. The van der Waals surface area contributed by atoms with Gasteiger partial charge in [0.05, 0.1) is 6.10 Å². The first kappa shape index (κ1) is 9.88. The second kappa shape index (κ2) is 3.68. The van der Waals surface area contributed by atoms with E-state index in [1.807, 2.05) is 0 Å². The van der Waals surface area contributed by atoms with Gasteiger partial charge in [-0.1, -0.05) is 0 Å². The van der Waals surface area contributed by atoms with Gasteiger partial charge in [-0.25, -0.2) is 0 Å². The van der Waals surface area contributed by atoms with Gasteiger partial charge in [0.1, 0.15) is 18.3 Å². The van der Waals surface area contributed by atoms with E-state index in [9.17, 15) is 15.3 Å². The van der Waals surface area contributed by atoms with Crippen LogP contribution in [0, 0.1) is 0 Å². The second-order valence-electron chi connectivity index (χ2n) is 2.92. The molecule has 1 fully saturated rings. The number of hydrogen-bond acceptors (Lipinski definition) is 5. The van der Waals surface area contributed by atoms with Crippen molar-refractivity contribution in [3.8, 4) is 0 Å². The normalized spacial score (nSPS) is 49.2. The van der Waals surface area contributed by atoms with Crippen molar-refractivity contribution in [3.63, 3.8) is 0 Å². The van der Waals surface area contributed by atoms with Crippen LogP contribution < -0.4 is 0 Å². The van der Waals surface area contributed by atoms with Crippen LogP contribution in [0.5, 0.6) is 0 Å². The molecular formula is C7H14O5. The average Bonchev–Trinajstić information content (AvgIpc) is 2.08. The van der Waals surface area contributed by atoms with Gasteiger partial charge < -0.3 is 24.8 Å². The van der Waals surface area contributed by atoms with Gasteiger partial charge in [-0.3, -0.25) is 0 Å². The third-order valence-corrected chi connectivity index (χ3v) is 2.04. The minimum atomic E-state index is -1.21. The SMILES string of the molecule is COC1O[C@H](C)C(O)C(O)C1O. The molecular weight excluding hydrogens is 164 g/mol. The molecule has 1 aliphatic rings. The lowest BCUT2D eigenvalue weighted by Crippen LogP contribution is -2.57. The van der Waals surface area contributed by atoms with Crippen LogP contribution in [-0.4, -0.2) is 53.1 Å². The number of aliphatic hydroxyl groups excluding tert-OH is 3. The Morgan fingerprint density at radius 3 is 2.17 bits per heavy atom. The van der Waals surface area contributed by atoms with Crippen LogP contribution in [0.2, 0.25) is 0 Å². The number of hydrogen-bond donors (Lipinski definition) is 3. The number of methoxy groups -OCH3 is 1. The van der Waals surface area contributed by atoms with E-state index in [1.165, 1.54) is 7.11 Å². The first-order valence-electron chi connectivity index (χ1n) is 3.80. The Bertz CT molecular complexity index is 146. The zero-order chi connectivity index (χ0) is 9.30. The predicted molar refractivity (Wildman–Crippen MR) is 39.4 cm³/mol. The van der Waals surface area contributed by atoms with Crippen molar-refractivity contribution < 1.29 is 24.8 Å². The molecule has 0 spiro atoms. The molecule has 1 rings (SSSR count). The van der Waals surface area contributed by atoms with E-state index in [2.05, 4.69) is 0 Å². The Morgan fingerprint density at radius 2 is 1.67 bits per heavy atom. The van der Waals surface area contributed by atoms with Crippen molar-refractivity contribution in [2.45, 2.75) is 37.6 Å². The van der Waals surface area contributed by atoms with Gasteiger partial charge in [0.25, 0.3) is 0 Å². The first-order chi connectivity index (χ1) is 5.57. The van der Waals surface area contributed by atoms with Crippen LogP contribution >= 0.6 is 0 Å². The summed E-state index contributed by atoms with van der Waals surface area (Å²) in [4.78, 5) is 0. The molecule has 4 unspecified atom stereocenters. The van der Waals surface area contributed by atoms with Crippen LogP contribution in [0.15, 0.2) is 0 Å². The Labute approximate surface area is 70.5 Å². The third kappa shape index (κ3) is 1.60. The van der Waals surface area contributed by atoms with E-state index in [0.717, 1.165) is 0 Å². The Kier molecular flexibility index (Phi) is 3.03. The summed E-state index contributed by atoms with van der Waals surface area (Å²) in [6.07, 6.45) is -4.86. The minimum absolute atomic E-state index is 0.534. The molecule has 3 N–H and O–H groups in total. The maximum Gasteiger partial charge on any atom is 0.186 e. The Morgan fingerprint density at radius 1 is 1.08 bits per heavy atom. The van der Waals surface area contributed by atoms with Crippen molar-refractivity contribution in [1.82, 2.24) is 0 Å². The van der Waals surface area contributed by atoms with Gasteiger partial charge >= 0.3 is 0 Å². The van der Waals surface area contributed by atoms with Crippen LogP contribution in [0.1, 0.15) is 6.92 Å². The first-order valence-corrected chi connectivity index (χ1v) is 3.80. The van der Waals surface area contributed by atoms with Crippen molar-refractivity contribution in [1.29, 1.82) is 0 Å². The summed E-state index contributed by atoms with van der Waals surface area (Å²) in [7, 11) is 1.37. The summed E-state index contributed by atoms with van der Waals surface area (Å²) in [6.45, 7) is 1.60. The van der Waals surface area contributed by atoms with Gasteiger partial charge in [0, 0.05) is 7.11 Å². The second-order valence-corrected chi connectivity index (χ2v) is 2.92. The molecule has 0 radical (unpaired) electrons. The fraction of sp³-hybridized carbons (Fsp3) is 1.00. The van der Waals surface area contributed by atoms with E-state index in [-0.39, 0.29) is 0 Å². The predicted octanol–water partition coefficient (Wildman–Crippen LogP) is -1.54.